The molecule has 0 spiro atoms. The third kappa shape index (κ3) is 1.68. The van der Waals surface area contributed by atoms with Crippen molar-refractivity contribution in [1.29, 1.82) is 0 Å². The molecule has 1 fully saturated rings. The molecule has 2 N–H and O–H groups in total. The molecule has 1 saturated heterocycles. The first-order valence-electron chi connectivity index (χ1n) is 4.65. The van der Waals surface area contributed by atoms with Crippen molar-refractivity contribution in [3.63, 3.8) is 0 Å². The molecule has 0 bridgehead atoms. The number of nitrogens with zero attached hydrogens (tertiary/aromatic N) is 1. The van der Waals surface area contributed by atoms with Crippen LogP contribution in [0.25, 0.3) is 0 Å². The van der Waals surface area contributed by atoms with Gasteiger partial charge in [0.05, 0.1) is 13.7 Å². The summed E-state index contributed by atoms with van der Waals surface area (Å²) in [6.45, 7) is 1.19. The number of esters is 1. The van der Waals surface area contributed by atoms with Crippen LogP contribution >= 0.6 is 0 Å². The molecule has 1 aliphatic heterocycles. The monoisotopic (exact) mass is 212 g/mol. The molecule has 1 aliphatic rings. The van der Waals surface area contributed by atoms with Gasteiger partial charge in [0.1, 0.15) is 5.56 Å². The lowest BCUT2D eigenvalue weighted by atomic mass is 10.0. The van der Waals surface area contributed by atoms with Crippen molar-refractivity contribution in [2.24, 2.45) is 0 Å². The van der Waals surface area contributed by atoms with Crippen LogP contribution in [0.3, 0.4) is 0 Å². The van der Waals surface area contributed by atoms with Gasteiger partial charge in [-0.3, -0.25) is 0 Å². The molecule has 6 heteroatoms. The minimum absolute atomic E-state index is 0.0453. The summed E-state index contributed by atoms with van der Waals surface area (Å²) in [5, 5.41) is 3.58. The van der Waals surface area contributed by atoms with Crippen LogP contribution in [-0.2, 0) is 9.47 Å². The van der Waals surface area contributed by atoms with Gasteiger partial charge < -0.3 is 19.7 Å². The Hall–Kier alpha value is -1.56. The summed E-state index contributed by atoms with van der Waals surface area (Å²) in [6, 6.07) is 0. The molecule has 1 aromatic heterocycles. The molecular formula is C9H12N2O4. The third-order valence-corrected chi connectivity index (χ3v) is 2.43. The Labute approximate surface area is 86.3 Å². The number of nitrogen functional groups attached to an aromatic ring is 1. The van der Waals surface area contributed by atoms with Crippen LogP contribution in [0, 0.1) is 0 Å². The molecule has 6 nitrogen and oxygen atoms in total. The second-order valence-corrected chi connectivity index (χ2v) is 3.36. The molecule has 0 aliphatic carbocycles. The summed E-state index contributed by atoms with van der Waals surface area (Å²) >= 11 is 0. The van der Waals surface area contributed by atoms with E-state index in [1.54, 1.807) is 0 Å². The van der Waals surface area contributed by atoms with Crippen molar-refractivity contribution >= 4 is 11.8 Å². The van der Waals surface area contributed by atoms with Gasteiger partial charge >= 0.3 is 5.97 Å². The summed E-state index contributed by atoms with van der Waals surface area (Å²) in [4.78, 5) is 11.4. The topological polar surface area (TPSA) is 87.6 Å². The fourth-order valence-electron chi connectivity index (χ4n) is 1.64. The first kappa shape index (κ1) is 9.97. The number of rotatable bonds is 2. The van der Waals surface area contributed by atoms with Gasteiger partial charge in [0.2, 0.25) is 0 Å². The predicted molar refractivity (Wildman–Crippen MR) is 50.4 cm³/mol. The highest BCUT2D eigenvalue weighted by atomic mass is 16.5. The molecule has 2 rings (SSSR count). The van der Waals surface area contributed by atoms with Crippen molar-refractivity contribution in [3.05, 3.63) is 11.3 Å². The molecule has 15 heavy (non-hydrogen) atoms. The van der Waals surface area contributed by atoms with Crippen molar-refractivity contribution in [2.45, 2.75) is 12.3 Å². The number of hydrogen-bond donors (Lipinski definition) is 1. The molecule has 0 radical (unpaired) electrons. The maximum atomic E-state index is 11.4. The van der Waals surface area contributed by atoms with Gasteiger partial charge in [-0.15, -0.1) is 0 Å². The standard InChI is InChI=1S/C9H12N2O4/c1-13-9(12)6-7(15-11-8(6)10)5-2-3-14-4-5/h5H,2-4H2,1H3,(H2,10,11). The highest BCUT2D eigenvalue weighted by molar-refractivity contribution is 5.95. The van der Waals surface area contributed by atoms with E-state index in [1.165, 1.54) is 7.11 Å². The van der Waals surface area contributed by atoms with Crippen molar-refractivity contribution in [1.82, 2.24) is 5.16 Å². The molecule has 1 aromatic rings. The normalized spacial score (nSPS) is 20.5. The molecular weight excluding hydrogens is 200 g/mol. The van der Waals surface area contributed by atoms with Crippen LogP contribution in [0.2, 0.25) is 0 Å². The van der Waals surface area contributed by atoms with E-state index in [0.29, 0.717) is 19.0 Å². The lowest BCUT2D eigenvalue weighted by Gasteiger charge is -2.04. The molecule has 0 saturated carbocycles. The Morgan fingerprint density at radius 3 is 3.07 bits per heavy atom. The highest BCUT2D eigenvalue weighted by Gasteiger charge is 2.30. The van der Waals surface area contributed by atoms with Crippen molar-refractivity contribution in [3.8, 4) is 0 Å². The van der Waals surface area contributed by atoms with E-state index in [9.17, 15) is 4.79 Å². The fraction of sp³-hybridized carbons (Fsp3) is 0.556. The van der Waals surface area contributed by atoms with Gasteiger partial charge in [-0.25, -0.2) is 4.79 Å². The lowest BCUT2D eigenvalue weighted by molar-refractivity contribution is 0.0598. The van der Waals surface area contributed by atoms with Crippen molar-refractivity contribution in [2.75, 3.05) is 26.1 Å². The van der Waals surface area contributed by atoms with Gasteiger partial charge in [0.15, 0.2) is 11.6 Å². The first-order valence-corrected chi connectivity index (χ1v) is 4.65. The zero-order valence-corrected chi connectivity index (χ0v) is 8.36. The van der Waals surface area contributed by atoms with E-state index in [2.05, 4.69) is 9.89 Å². The smallest absolute Gasteiger partial charge is 0.345 e. The Morgan fingerprint density at radius 1 is 1.67 bits per heavy atom. The van der Waals surface area contributed by atoms with Crippen LogP contribution in [0.5, 0.6) is 0 Å². The number of carbonyl (C=O) groups is 1. The summed E-state index contributed by atoms with van der Waals surface area (Å²) in [5.41, 5.74) is 5.77. The SMILES string of the molecule is COC(=O)c1c(N)noc1C1CCOC1. The van der Waals surface area contributed by atoms with E-state index in [4.69, 9.17) is 15.0 Å². The van der Waals surface area contributed by atoms with Gasteiger partial charge in [0, 0.05) is 12.5 Å². The summed E-state index contributed by atoms with van der Waals surface area (Å²) in [7, 11) is 1.30. The van der Waals surface area contributed by atoms with E-state index in [1.807, 2.05) is 0 Å². The number of anilines is 1. The zero-order valence-electron chi connectivity index (χ0n) is 8.36. The van der Waals surface area contributed by atoms with E-state index in [-0.39, 0.29) is 17.3 Å². The average Bonchev–Trinajstić information content (AvgIpc) is 2.85. The number of methoxy groups -OCH3 is 1. The van der Waals surface area contributed by atoms with Crippen molar-refractivity contribution < 1.29 is 18.8 Å². The average molecular weight is 212 g/mol. The predicted octanol–water partition coefficient (Wildman–Crippen LogP) is 0.547. The maximum absolute atomic E-state index is 11.4. The Kier molecular flexibility index (Phi) is 2.59. The van der Waals surface area contributed by atoms with Gasteiger partial charge in [-0.2, -0.15) is 0 Å². The zero-order chi connectivity index (χ0) is 10.8. The largest absolute Gasteiger partial charge is 0.465 e. The van der Waals surface area contributed by atoms with Crippen LogP contribution in [0.1, 0.15) is 28.5 Å². The van der Waals surface area contributed by atoms with Crippen LogP contribution in [-0.4, -0.2) is 31.4 Å². The van der Waals surface area contributed by atoms with Crippen LogP contribution < -0.4 is 5.73 Å². The number of hydrogen-bond acceptors (Lipinski definition) is 6. The summed E-state index contributed by atoms with van der Waals surface area (Å²) in [6.07, 6.45) is 0.804. The lowest BCUT2D eigenvalue weighted by Crippen LogP contribution is -2.09. The number of nitrogens with two attached hydrogens (primary N) is 1. The minimum Gasteiger partial charge on any atom is -0.465 e. The molecule has 1 unspecified atom stereocenters. The van der Waals surface area contributed by atoms with Crippen LogP contribution in [0.15, 0.2) is 4.52 Å². The van der Waals surface area contributed by atoms with E-state index < -0.39 is 5.97 Å². The quantitative estimate of drug-likeness (QED) is 0.720. The second-order valence-electron chi connectivity index (χ2n) is 3.36. The van der Waals surface area contributed by atoms with Gasteiger partial charge in [-0.05, 0) is 6.42 Å². The molecule has 82 valence electrons. The fourth-order valence-corrected chi connectivity index (χ4v) is 1.64. The van der Waals surface area contributed by atoms with E-state index >= 15 is 0 Å². The molecule has 1 atom stereocenters. The molecule has 0 amide bonds. The Balaban J connectivity index is 2.34. The van der Waals surface area contributed by atoms with E-state index in [0.717, 1.165) is 6.42 Å². The second kappa shape index (κ2) is 3.90. The number of carbonyl (C=O) groups excluding carboxylic acids is 1. The molecule has 0 aromatic carbocycles. The summed E-state index contributed by atoms with van der Waals surface area (Å²) < 4.78 is 14.9. The Bertz CT molecular complexity index is 368. The third-order valence-electron chi connectivity index (χ3n) is 2.43. The van der Waals surface area contributed by atoms with Crippen LogP contribution in [0.4, 0.5) is 5.82 Å². The first-order chi connectivity index (χ1) is 7.24. The van der Waals surface area contributed by atoms with Gasteiger partial charge in [0.25, 0.3) is 0 Å². The number of aromatic nitrogens is 1. The van der Waals surface area contributed by atoms with Gasteiger partial charge in [-0.1, -0.05) is 5.16 Å². The Morgan fingerprint density at radius 2 is 2.47 bits per heavy atom. The molecule has 2 heterocycles. The highest BCUT2D eigenvalue weighted by Crippen LogP contribution is 2.30. The maximum Gasteiger partial charge on any atom is 0.345 e. The summed E-state index contributed by atoms with van der Waals surface area (Å²) in [5.74, 6) is 0.0696. The number of ether oxygens (including phenoxy) is 2. The minimum atomic E-state index is -0.518.